The molecule has 1 atom stereocenters. The van der Waals surface area contributed by atoms with E-state index in [1.165, 1.54) is 0 Å². The van der Waals surface area contributed by atoms with Gasteiger partial charge in [-0.15, -0.1) is 0 Å². The molecule has 0 aliphatic rings. The van der Waals surface area contributed by atoms with Crippen LogP contribution in [0.5, 0.6) is 0 Å². The molecule has 0 aromatic carbocycles. The monoisotopic (exact) mass is 284 g/mol. The first kappa shape index (κ1) is 15.9. The van der Waals surface area contributed by atoms with E-state index >= 15 is 0 Å². The molecule has 19 heavy (non-hydrogen) atoms. The number of hydrogen-bond donors (Lipinski definition) is 1. The Balaban J connectivity index is 3.05. The Hall–Kier alpha value is -1.17. The Morgan fingerprint density at radius 1 is 1.53 bits per heavy atom. The number of hydrogen-bond acceptors (Lipinski definition) is 4. The van der Waals surface area contributed by atoms with Crippen LogP contribution in [0.15, 0.2) is 0 Å². The Morgan fingerprint density at radius 2 is 2.16 bits per heavy atom. The SMILES string of the molecule is CCC(CSC)N(C)C(=O)c1c(N)c(C)nn1CC. The number of nitrogen functional groups attached to an aromatic ring is 1. The smallest absolute Gasteiger partial charge is 0.274 e. The summed E-state index contributed by atoms with van der Waals surface area (Å²) in [6.45, 7) is 6.53. The predicted molar refractivity (Wildman–Crippen MR) is 81.6 cm³/mol. The third kappa shape index (κ3) is 3.23. The largest absolute Gasteiger partial charge is 0.395 e. The second kappa shape index (κ2) is 6.84. The zero-order chi connectivity index (χ0) is 14.6. The van der Waals surface area contributed by atoms with Gasteiger partial charge in [-0.05, 0) is 26.5 Å². The lowest BCUT2D eigenvalue weighted by Crippen LogP contribution is -2.39. The van der Waals surface area contributed by atoms with Crippen LogP contribution >= 0.6 is 11.8 Å². The highest BCUT2D eigenvalue weighted by Crippen LogP contribution is 2.20. The fourth-order valence-corrected chi connectivity index (χ4v) is 2.92. The van der Waals surface area contributed by atoms with Crippen molar-refractivity contribution in [3.8, 4) is 0 Å². The van der Waals surface area contributed by atoms with Crippen LogP contribution in [-0.2, 0) is 6.54 Å². The highest BCUT2D eigenvalue weighted by Gasteiger charge is 2.25. The number of anilines is 1. The summed E-state index contributed by atoms with van der Waals surface area (Å²) in [5, 5.41) is 4.30. The van der Waals surface area contributed by atoms with E-state index in [2.05, 4.69) is 18.3 Å². The standard InChI is InChI=1S/C13H24N4OS/c1-6-10(8-19-5)16(4)13(18)12-11(14)9(3)15-17(12)7-2/h10H,6-8,14H2,1-5H3. The fourth-order valence-electron chi connectivity index (χ4n) is 2.08. The summed E-state index contributed by atoms with van der Waals surface area (Å²) < 4.78 is 1.69. The molecule has 1 heterocycles. The number of carbonyl (C=O) groups excluding carboxylic acids is 1. The van der Waals surface area contributed by atoms with E-state index in [-0.39, 0.29) is 11.9 Å². The Kier molecular flexibility index (Phi) is 5.72. The van der Waals surface area contributed by atoms with E-state index in [0.29, 0.717) is 17.9 Å². The molecule has 0 aliphatic heterocycles. The van der Waals surface area contributed by atoms with Crippen LogP contribution in [0.25, 0.3) is 0 Å². The predicted octanol–water partition coefficient (Wildman–Crippen LogP) is 2.01. The number of nitrogens with zero attached hydrogens (tertiary/aromatic N) is 3. The van der Waals surface area contributed by atoms with Crippen LogP contribution in [0, 0.1) is 6.92 Å². The van der Waals surface area contributed by atoms with Crippen LogP contribution in [0.3, 0.4) is 0 Å². The van der Waals surface area contributed by atoms with E-state index in [1.807, 2.05) is 20.9 Å². The lowest BCUT2D eigenvalue weighted by molar-refractivity contribution is 0.0732. The minimum absolute atomic E-state index is 0.0409. The van der Waals surface area contributed by atoms with E-state index in [9.17, 15) is 4.79 Å². The average molecular weight is 284 g/mol. The van der Waals surface area contributed by atoms with E-state index in [0.717, 1.165) is 17.9 Å². The Morgan fingerprint density at radius 3 is 2.63 bits per heavy atom. The fraction of sp³-hybridized carbons (Fsp3) is 0.692. The second-order valence-corrected chi connectivity index (χ2v) is 5.51. The van der Waals surface area contributed by atoms with Gasteiger partial charge in [-0.3, -0.25) is 9.48 Å². The number of amides is 1. The maximum absolute atomic E-state index is 12.6. The van der Waals surface area contributed by atoms with E-state index in [4.69, 9.17) is 5.73 Å². The normalized spacial score (nSPS) is 12.5. The van der Waals surface area contributed by atoms with Crippen molar-refractivity contribution in [1.29, 1.82) is 0 Å². The molecule has 5 nitrogen and oxygen atoms in total. The van der Waals surface area contributed by atoms with E-state index in [1.54, 1.807) is 21.3 Å². The molecule has 6 heteroatoms. The highest BCUT2D eigenvalue weighted by atomic mass is 32.2. The molecule has 0 fully saturated rings. The van der Waals surface area contributed by atoms with Crippen molar-refractivity contribution in [2.45, 2.75) is 39.8 Å². The molecular formula is C13H24N4OS. The minimum Gasteiger partial charge on any atom is -0.395 e. The van der Waals surface area contributed by atoms with Gasteiger partial charge in [0.15, 0.2) is 0 Å². The van der Waals surface area contributed by atoms with Crippen molar-refractivity contribution < 1.29 is 4.79 Å². The van der Waals surface area contributed by atoms with Gasteiger partial charge in [0, 0.05) is 25.4 Å². The molecule has 0 radical (unpaired) electrons. The number of carbonyl (C=O) groups is 1. The number of nitrogens with two attached hydrogens (primary N) is 1. The van der Waals surface area contributed by atoms with Crippen LogP contribution in [0.1, 0.15) is 36.5 Å². The minimum atomic E-state index is -0.0409. The number of aromatic nitrogens is 2. The van der Waals surface area contributed by atoms with Gasteiger partial charge in [-0.1, -0.05) is 6.92 Å². The van der Waals surface area contributed by atoms with Gasteiger partial charge < -0.3 is 10.6 Å². The molecule has 0 saturated heterocycles. The van der Waals surface area contributed by atoms with E-state index < -0.39 is 0 Å². The Labute approximate surface area is 119 Å². The number of rotatable bonds is 6. The van der Waals surface area contributed by atoms with Gasteiger partial charge in [0.25, 0.3) is 5.91 Å². The van der Waals surface area contributed by atoms with Crippen LogP contribution in [-0.4, -0.2) is 45.7 Å². The number of thioether (sulfide) groups is 1. The molecular weight excluding hydrogens is 260 g/mol. The van der Waals surface area contributed by atoms with Crippen molar-refractivity contribution in [3.63, 3.8) is 0 Å². The molecule has 1 rings (SSSR count). The van der Waals surface area contributed by atoms with Gasteiger partial charge >= 0.3 is 0 Å². The van der Waals surface area contributed by atoms with Crippen LogP contribution < -0.4 is 5.73 Å². The quantitative estimate of drug-likeness (QED) is 0.868. The van der Waals surface area contributed by atoms with Crippen molar-refractivity contribution in [3.05, 3.63) is 11.4 Å². The lowest BCUT2D eigenvalue weighted by atomic mass is 10.2. The summed E-state index contributed by atoms with van der Waals surface area (Å²) >= 11 is 1.75. The summed E-state index contributed by atoms with van der Waals surface area (Å²) in [5.74, 6) is 0.888. The van der Waals surface area contributed by atoms with Crippen molar-refractivity contribution in [1.82, 2.24) is 14.7 Å². The molecule has 0 saturated carbocycles. The molecule has 1 unspecified atom stereocenters. The molecule has 1 aromatic heterocycles. The molecule has 108 valence electrons. The second-order valence-electron chi connectivity index (χ2n) is 4.60. The summed E-state index contributed by atoms with van der Waals surface area (Å²) in [5.41, 5.74) is 7.73. The maximum Gasteiger partial charge on any atom is 0.274 e. The zero-order valence-electron chi connectivity index (χ0n) is 12.4. The summed E-state index contributed by atoms with van der Waals surface area (Å²) in [6, 6.07) is 0.224. The molecule has 0 spiro atoms. The van der Waals surface area contributed by atoms with Crippen molar-refractivity contribution in [2.24, 2.45) is 0 Å². The van der Waals surface area contributed by atoms with Gasteiger partial charge in [-0.25, -0.2) is 0 Å². The van der Waals surface area contributed by atoms with Gasteiger partial charge in [-0.2, -0.15) is 16.9 Å². The first-order valence-electron chi connectivity index (χ1n) is 6.56. The third-order valence-corrected chi connectivity index (χ3v) is 4.09. The summed E-state index contributed by atoms with van der Waals surface area (Å²) in [4.78, 5) is 14.4. The van der Waals surface area contributed by atoms with Gasteiger partial charge in [0.2, 0.25) is 0 Å². The molecule has 2 N–H and O–H groups in total. The van der Waals surface area contributed by atoms with Crippen molar-refractivity contribution in [2.75, 3.05) is 24.8 Å². The molecule has 0 aliphatic carbocycles. The van der Waals surface area contributed by atoms with Crippen molar-refractivity contribution >= 4 is 23.4 Å². The highest BCUT2D eigenvalue weighted by molar-refractivity contribution is 7.98. The van der Waals surface area contributed by atoms with Gasteiger partial charge in [0.1, 0.15) is 5.69 Å². The third-order valence-electron chi connectivity index (χ3n) is 3.37. The maximum atomic E-state index is 12.6. The molecule has 0 bridgehead atoms. The lowest BCUT2D eigenvalue weighted by Gasteiger charge is -2.27. The van der Waals surface area contributed by atoms with Crippen LogP contribution in [0.2, 0.25) is 0 Å². The van der Waals surface area contributed by atoms with Gasteiger partial charge in [0.05, 0.1) is 11.4 Å². The number of aryl methyl sites for hydroxylation is 2. The topological polar surface area (TPSA) is 64.2 Å². The molecule has 1 aromatic rings. The first-order valence-corrected chi connectivity index (χ1v) is 7.96. The average Bonchev–Trinajstić information content (AvgIpc) is 2.70. The summed E-state index contributed by atoms with van der Waals surface area (Å²) in [6.07, 6.45) is 2.98. The Bertz CT molecular complexity index is 444. The summed E-state index contributed by atoms with van der Waals surface area (Å²) in [7, 11) is 1.84. The first-order chi connectivity index (χ1) is 8.97. The van der Waals surface area contributed by atoms with Crippen LogP contribution in [0.4, 0.5) is 5.69 Å². The molecule has 1 amide bonds. The zero-order valence-corrected chi connectivity index (χ0v) is 13.3.